The second kappa shape index (κ2) is 61.0. The van der Waals surface area contributed by atoms with Crippen molar-refractivity contribution in [3.8, 4) is 0 Å². The molecular formula is C47H80KN5O9S4. The van der Waals surface area contributed by atoms with Crippen molar-refractivity contribution < 1.29 is 95.1 Å². The summed E-state index contributed by atoms with van der Waals surface area (Å²) in [6.45, 7) is 32.9. The Morgan fingerprint density at radius 1 is 0.682 bits per heavy atom. The van der Waals surface area contributed by atoms with Gasteiger partial charge in [-0.05, 0) is 107 Å². The summed E-state index contributed by atoms with van der Waals surface area (Å²) in [6.07, 6.45) is 23.6. The second-order valence-corrected chi connectivity index (χ2v) is 18.8. The van der Waals surface area contributed by atoms with Gasteiger partial charge in [-0.15, -0.1) is 35.3 Å². The number of nitrogens with one attached hydrogen (secondary N) is 1. The fourth-order valence-electron chi connectivity index (χ4n) is 4.41. The molecule has 1 aliphatic rings. The van der Waals surface area contributed by atoms with Crippen molar-refractivity contribution in [3.05, 3.63) is 87.9 Å². The van der Waals surface area contributed by atoms with Crippen molar-refractivity contribution in [3.63, 3.8) is 0 Å². The number of amides is 1. The number of thioether (sulfide) groups is 4. The van der Waals surface area contributed by atoms with E-state index in [-0.39, 0.29) is 86.6 Å². The molecule has 14 nitrogen and oxygen atoms in total. The summed E-state index contributed by atoms with van der Waals surface area (Å²) >= 11 is 6.17. The van der Waals surface area contributed by atoms with E-state index in [2.05, 4.69) is 107 Å². The van der Waals surface area contributed by atoms with Crippen LogP contribution in [0.5, 0.6) is 0 Å². The Kier molecular flexibility index (Phi) is 74.8. The molecule has 1 rings (SSSR count). The first-order valence-corrected chi connectivity index (χ1v) is 24.8. The van der Waals surface area contributed by atoms with Gasteiger partial charge in [0.15, 0.2) is 0 Å². The van der Waals surface area contributed by atoms with Crippen molar-refractivity contribution in [2.45, 2.75) is 145 Å². The Morgan fingerprint density at radius 3 is 1.29 bits per heavy atom. The number of esters is 2. The van der Waals surface area contributed by atoms with E-state index < -0.39 is 18.1 Å². The van der Waals surface area contributed by atoms with Crippen LogP contribution in [-0.4, -0.2) is 92.1 Å². The number of carbonyl (C=O) groups excluding carboxylic acids is 6. The summed E-state index contributed by atoms with van der Waals surface area (Å²) in [7, 11) is 0. The quantitative estimate of drug-likeness (QED) is 0.0139. The third kappa shape index (κ3) is 76.2. The molecule has 0 aliphatic carbocycles. The minimum absolute atomic E-state index is 0. The van der Waals surface area contributed by atoms with Crippen molar-refractivity contribution >= 4 is 77.3 Å². The molecule has 1 aliphatic heterocycles. The van der Waals surface area contributed by atoms with Gasteiger partial charge in [-0.25, -0.2) is 6.57 Å². The van der Waals surface area contributed by atoms with Gasteiger partial charge < -0.3 is 43.9 Å². The van der Waals surface area contributed by atoms with Crippen LogP contribution in [0.3, 0.4) is 0 Å². The molecular weight excluding hydrogens is 946 g/mol. The molecule has 372 valence electrons. The SMILES string of the molecule is CC(=O)OC(C)=O.CC(C)=CCC/C(C)=C/CC/C(C)=C/CSCC=O.N.N.O=C=O.OC1CSC(O)CS1.[C-]#N.[C-]#[N+]C(CSC/C=C(\C)CC/C=C(\C)CCC=C(C)C)NC(C)=O.[K+]. The summed E-state index contributed by atoms with van der Waals surface area (Å²) in [5.41, 5.74) is 8.02. The normalized spacial score (nSPS) is 14.2. The predicted octanol–water partition coefficient (Wildman–Crippen LogP) is 7.90. The van der Waals surface area contributed by atoms with E-state index in [9.17, 15) is 19.2 Å². The average Bonchev–Trinajstić information content (AvgIpc) is 3.19. The molecule has 19 heteroatoms. The third-order valence-corrected chi connectivity index (χ3v) is 11.8. The molecule has 0 aromatic heterocycles. The van der Waals surface area contributed by atoms with Gasteiger partial charge in [0.2, 0.25) is 5.91 Å². The van der Waals surface area contributed by atoms with Crippen molar-refractivity contribution in [2.24, 2.45) is 0 Å². The van der Waals surface area contributed by atoms with Crippen LogP contribution in [0.15, 0.2) is 69.9 Å². The van der Waals surface area contributed by atoms with E-state index in [1.54, 1.807) is 23.5 Å². The molecule has 1 fully saturated rings. The number of ether oxygens (including phenoxy) is 1. The maximum atomic E-state index is 10.9. The summed E-state index contributed by atoms with van der Waals surface area (Å²) < 4.78 is 3.97. The van der Waals surface area contributed by atoms with Crippen LogP contribution in [0.2, 0.25) is 0 Å². The number of hydrogen-bond acceptors (Lipinski definition) is 16. The molecule has 1 heterocycles. The molecule has 9 N–H and O–H groups in total. The predicted molar refractivity (Wildman–Crippen MR) is 275 cm³/mol. The van der Waals surface area contributed by atoms with Crippen LogP contribution in [0.4, 0.5) is 0 Å². The van der Waals surface area contributed by atoms with Crippen molar-refractivity contribution in [1.82, 2.24) is 17.6 Å². The molecule has 0 saturated carbocycles. The molecule has 1 saturated heterocycles. The Balaban J connectivity index is -0.000000118. The van der Waals surface area contributed by atoms with Gasteiger partial charge in [0, 0.05) is 49.5 Å². The number of allylic oxidation sites excluding steroid dienone is 10. The van der Waals surface area contributed by atoms with Crippen LogP contribution in [0.1, 0.15) is 128 Å². The minimum Gasteiger partial charge on any atom is -0.512 e. The van der Waals surface area contributed by atoms with Crippen LogP contribution >= 0.6 is 47.0 Å². The van der Waals surface area contributed by atoms with E-state index in [4.69, 9.17) is 38.2 Å². The molecule has 66 heavy (non-hydrogen) atoms. The Bertz CT molecular complexity index is 1520. The molecule has 0 spiro atoms. The van der Waals surface area contributed by atoms with E-state index in [0.29, 0.717) is 23.0 Å². The van der Waals surface area contributed by atoms with E-state index in [1.807, 2.05) is 0 Å². The van der Waals surface area contributed by atoms with Gasteiger partial charge in [0.05, 0.1) is 5.75 Å². The Labute approximate surface area is 457 Å². The Morgan fingerprint density at radius 2 is 1.02 bits per heavy atom. The summed E-state index contributed by atoms with van der Waals surface area (Å²) in [5.74, 6) is 3.13. The Hall–Kier alpha value is -2.04. The van der Waals surface area contributed by atoms with Crippen LogP contribution in [0.25, 0.3) is 4.85 Å². The van der Waals surface area contributed by atoms with Gasteiger partial charge in [0.1, 0.15) is 17.2 Å². The topological polar surface area (TPSA) is 262 Å². The molecule has 0 radical (unpaired) electrons. The smallest absolute Gasteiger partial charge is 0.512 e. The summed E-state index contributed by atoms with van der Waals surface area (Å²) in [4.78, 5) is 60.4. The third-order valence-electron chi connectivity index (χ3n) is 7.48. The molecule has 3 atom stereocenters. The summed E-state index contributed by atoms with van der Waals surface area (Å²) in [5, 5.41) is 26.6. The zero-order valence-electron chi connectivity index (χ0n) is 41.9. The molecule has 3 unspecified atom stereocenters. The van der Waals surface area contributed by atoms with Gasteiger partial charge in [-0.2, -0.15) is 21.4 Å². The number of aliphatic hydroxyl groups is 2. The zero-order valence-corrected chi connectivity index (χ0v) is 48.3. The molecule has 0 bridgehead atoms. The number of nitrogens with zero attached hydrogens (tertiary/aromatic N) is 2. The summed E-state index contributed by atoms with van der Waals surface area (Å²) in [6, 6.07) is 0. The number of carbonyl (C=O) groups is 4. The first-order chi connectivity index (χ1) is 29.7. The zero-order chi connectivity index (χ0) is 49.4. The number of aliphatic hydroxyl groups excluding tert-OH is 2. The maximum absolute atomic E-state index is 10.9. The van der Waals surface area contributed by atoms with Gasteiger partial charge in [-0.3, -0.25) is 24.5 Å². The van der Waals surface area contributed by atoms with E-state index in [1.165, 1.54) is 84.2 Å². The monoisotopic (exact) mass is 1030 g/mol. The molecule has 0 aromatic rings. The number of hydrogen-bond donors (Lipinski definition) is 5. The fourth-order valence-corrected chi connectivity index (χ4v) is 7.98. The van der Waals surface area contributed by atoms with Gasteiger partial charge in [0.25, 0.3) is 0 Å². The largest absolute Gasteiger partial charge is 1.00 e. The second-order valence-electron chi connectivity index (χ2n) is 14.3. The number of rotatable bonds is 21. The van der Waals surface area contributed by atoms with Crippen molar-refractivity contribution in [2.75, 3.05) is 34.5 Å². The van der Waals surface area contributed by atoms with Crippen LogP contribution < -0.4 is 69.0 Å². The number of aldehydes is 1. The maximum Gasteiger partial charge on any atom is 1.00 e. The van der Waals surface area contributed by atoms with Gasteiger partial charge >= 0.3 is 75.6 Å². The first-order valence-electron chi connectivity index (χ1n) is 20.4. The first kappa shape index (κ1) is 81.0. The van der Waals surface area contributed by atoms with Gasteiger partial charge in [-0.1, -0.05) is 69.9 Å². The minimum atomic E-state index is -0.562. The average molecular weight is 1030 g/mol. The van der Waals surface area contributed by atoms with Crippen LogP contribution in [0, 0.1) is 18.4 Å². The van der Waals surface area contributed by atoms with Crippen molar-refractivity contribution in [1.29, 1.82) is 5.26 Å². The molecule has 0 aromatic carbocycles. The van der Waals surface area contributed by atoms with E-state index in [0.717, 1.165) is 62.7 Å². The fraction of sp³-hybridized carbons (Fsp3) is 0.596. The molecule has 1 amide bonds. The van der Waals surface area contributed by atoms with Crippen LogP contribution in [-0.2, 0) is 33.5 Å². The van der Waals surface area contributed by atoms with E-state index >= 15 is 0 Å². The standard InChI is InChI=1S/C20H32N2OS.C17H28OS.C4H6O3.C4H8O2S2.CN.CO2.K.2H3N/c1-16(2)9-7-10-17(3)11-8-12-18(4)13-14-24-15-20(21-6)22-19(5)23;1-15(2)7-5-8-16(3)9-6-10-17(4)11-13-19-14-12-18;1-3(5)7-4(2)6;5-3-1-7-4(6)2-8-3;1-2;2-1-3;;;/h9,11,13,20H,7-8,10,12,14-15H2,1-5H3,(H,22,23);7,9,11-12H,5-6,8,10,13-14H2,1-4H3;1-2H3;3-6H,1-2H2;;;;2*1H3/q;;;;-1;;+1;;/b17-11+,18-13+;16-9+,17-11+;;;;;;;.